The molecule has 102 valence electrons. The third-order valence-electron chi connectivity index (χ3n) is 4.19. The van der Waals surface area contributed by atoms with E-state index >= 15 is 0 Å². The van der Waals surface area contributed by atoms with Crippen molar-refractivity contribution in [2.75, 3.05) is 19.6 Å². The van der Waals surface area contributed by atoms with Gasteiger partial charge in [-0.25, -0.2) is 0 Å². The topological polar surface area (TPSA) is 69.6 Å². The highest BCUT2D eigenvalue weighted by Gasteiger charge is 2.37. The second-order valence-corrected chi connectivity index (χ2v) is 5.54. The van der Waals surface area contributed by atoms with E-state index in [1.54, 1.807) is 4.90 Å². The summed E-state index contributed by atoms with van der Waals surface area (Å²) < 4.78 is 0. The number of carboxylic acids is 1. The predicted octanol–water partition coefficient (Wildman–Crippen LogP) is 0.698. The summed E-state index contributed by atoms with van der Waals surface area (Å²) in [6, 6.07) is 0.140. The predicted molar refractivity (Wildman–Crippen MR) is 67.1 cm³/mol. The third kappa shape index (κ3) is 2.83. The summed E-state index contributed by atoms with van der Waals surface area (Å²) in [7, 11) is 0. The monoisotopic (exact) mass is 254 g/mol. The molecular weight excluding hydrogens is 232 g/mol. The highest BCUT2D eigenvalue weighted by Crippen LogP contribution is 2.27. The van der Waals surface area contributed by atoms with E-state index in [0.717, 1.165) is 32.2 Å². The molecular formula is C13H22N2O3. The first kappa shape index (κ1) is 13.3. The van der Waals surface area contributed by atoms with Crippen molar-refractivity contribution in [3.05, 3.63) is 0 Å². The highest BCUT2D eigenvalue weighted by atomic mass is 16.4. The lowest BCUT2D eigenvalue weighted by molar-refractivity contribution is -0.148. The van der Waals surface area contributed by atoms with Gasteiger partial charge in [0, 0.05) is 12.6 Å². The van der Waals surface area contributed by atoms with Crippen molar-refractivity contribution in [3.8, 4) is 0 Å². The standard InChI is InChI=1S/C13H22N2O3/c1-9-6-14-7-11(9)13(18)15(8-12(16)17)10-4-2-3-5-10/h9-11,14H,2-8H2,1H3,(H,16,17). The van der Waals surface area contributed by atoms with E-state index in [9.17, 15) is 9.59 Å². The fraction of sp³-hybridized carbons (Fsp3) is 0.846. The molecule has 2 aliphatic rings. The molecule has 0 bridgehead atoms. The summed E-state index contributed by atoms with van der Waals surface area (Å²) in [5, 5.41) is 12.2. The molecule has 0 aromatic carbocycles. The summed E-state index contributed by atoms with van der Waals surface area (Å²) >= 11 is 0. The van der Waals surface area contributed by atoms with Crippen molar-refractivity contribution in [2.45, 2.75) is 38.6 Å². The quantitative estimate of drug-likeness (QED) is 0.774. The van der Waals surface area contributed by atoms with Crippen LogP contribution in [0.3, 0.4) is 0 Å². The van der Waals surface area contributed by atoms with Gasteiger partial charge in [-0.2, -0.15) is 0 Å². The van der Waals surface area contributed by atoms with Crippen LogP contribution in [0.2, 0.25) is 0 Å². The molecule has 2 rings (SSSR count). The van der Waals surface area contributed by atoms with Gasteiger partial charge in [0.2, 0.25) is 5.91 Å². The van der Waals surface area contributed by atoms with E-state index in [-0.39, 0.29) is 24.4 Å². The molecule has 0 aromatic rings. The van der Waals surface area contributed by atoms with Crippen LogP contribution in [-0.2, 0) is 9.59 Å². The van der Waals surface area contributed by atoms with E-state index < -0.39 is 5.97 Å². The Balaban J connectivity index is 2.06. The maximum atomic E-state index is 12.5. The molecule has 2 atom stereocenters. The van der Waals surface area contributed by atoms with Crippen LogP contribution in [0, 0.1) is 11.8 Å². The van der Waals surface area contributed by atoms with Gasteiger partial charge in [-0.3, -0.25) is 9.59 Å². The Labute approximate surface area is 108 Å². The van der Waals surface area contributed by atoms with Gasteiger partial charge in [-0.15, -0.1) is 0 Å². The highest BCUT2D eigenvalue weighted by molar-refractivity contribution is 5.84. The van der Waals surface area contributed by atoms with Crippen molar-refractivity contribution in [2.24, 2.45) is 11.8 Å². The molecule has 1 amide bonds. The Morgan fingerprint density at radius 2 is 1.94 bits per heavy atom. The summed E-state index contributed by atoms with van der Waals surface area (Å²) in [5.41, 5.74) is 0. The molecule has 5 nitrogen and oxygen atoms in total. The largest absolute Gasteiger partial charge is 0.480 e. The average molecular weight is 254 g/mol. The number of hydrogen-bond acceptors (Lipinski definition) is 3. The van der Waals surface area contributed by atoms with Gasteiger partial charge < -0.3 is 15.3 Å². The Morgan fingerprint density at radius 1 is 1.28 bits per heavy atom. The minimum Gasteiger partial charge on any atom is -0.480 e. The third-order valence-corrected chi connectivity index (χ3v) is 4.19. The van der Waals surface area contributed by atoms with Crippen LogP contribution < -0.4 is 5.32 Å². The molecule has 5 heteroatoms. The zero-order chi connectivity index (χ0) is 13.1. The molecule has 1 saturated carbocycles. The van der Waals surface area contributed by atoms with Gasteiger partial charge in [0.15, 0.2) is 0 Å². The number of hydrogen-bond donors (Lipinski definition) is 2. The van der Waals surface area contributed by atoms with Crippen LogP contribution >= 0.6 is 0 Å². The Bertz CT molecular complexity index is 326. The van der Waals surface area contributed by atoms with Crippen molar-refractivity contribution >= 4 is 11.9 Å². The van der Waals surface area contributed by atoms with Gasteiger partial charge in [-0.05, 0) is 25.3 Å². The first-order valence-electron chi connectivity index (χ1n) is 6.82. The minimum absolute atomic E-state index is 0.0294. The van der Waals surface area contributed by atoms with Crippen molar-refractivity contribution in [1.29, 1.82) is 0 Å². The summed E-state index contributed by atoms with van der Waals surface area (Å²) in [4.78, 5) is 25.1. The van der Waals surface area contributed by atoms with E-state index in [1.165, 1.54) is 0 Å². The number of carboxylic acid groups (broad SMARTS) is 1. The molecule has 1 saturated heterocycles. The second kappa shape index (κ2) is 5.69. The molecule has 1 aliphatic heterocycles. The smallest absolute Gasteiger partial charge is 0.323 e. The molecule has 2 N–H and O–H groups in total. The maximum absolute atomic E-state index is 12.5. The minimum atomic E-state index is -0.908. The zero-order valence-electron chi connectivity index (χ0n) is 10.9. The molecule has 0 aromatic heterocycles. The SMILES string of the molecule is CC1CNCC1C(=O)N(CC(=O)O)C1CCCC1. The summed E-state index contributed by atoms with van der Waals surface area (Å²) in [6.07, 6.45) is 4.11. The Morgan fingerprint density at radius 3 is 2.44 bits per heavy atom. The fourth-order valence-electron chi connectivity index (χ4n) is 3.10. The lowest BCUT2D eigenvalue weighted by atomic mass is 9.95. The first-order valence-corrected chi connectivity index (χ1v) is 6.82. The lowest BCUT2D eigenvalue weighted by Gasteiger charge is -2.30. The fourth-order valence-corrected chi connectivity index (χ4v) is 3.10. The first-order chi connectivity index (χ1) is 8.59. The number of carbonyl (C=O) groups is 2. The van der Waals surface area contributed by atoms with Crippen LogP contribution in [0.25, 0.3) is 0 Å². The summed E-state index contributed by atoms with van der Waals surface area (Å²) in [5.74, 6) is -0.629. The van der Waals surface area contributed by atoms with Gasteiger partial charge in [-0.1, -0.05) is 19.8 Å². The molecule has 1 aliphatic carbocycles. The van der Waals surface area contributed by atoms with E-state index in [2.05, 4.69) is 12.2 Å². The molecule has 18 heavy (non-hydrogen) atoms. The second-order valence-electron chi connectivity index (χ2n) is 5.54. The number of nitrogens with one attached hydrogen (secondary N) is 1. The van der Waals surface area contributed by atoms with Gasteiger partial charge >= 0.3 is 5.97 Å². The number of amides is 1. The van der Waals surface area contributed by atoms with Crippen LogP contribution in [0.15, 0.2) is 0 Å². The normalized spacial score (nSPS) is 28.5. The van der Waals surface area contributed by atoms with Crippen LogP contribution in [0.5, 0.6) is 0 Å². The number of carbonyl (C=O) groups excluding carboxylic acids is 1. The van der Waals surface area contributed by atoms with E-state index in [0.29, 0.717) is 12.5 Å². The number of nitrogens with zero attached hydrogens (tertiary/aromatic N) is 1. The van der Waals surface area contributed by atoms with Crippen LogP contribution in [-0.4, -0.2) is 47.6 Å². The zero-order valence-corrected chi connectivity index (χ0v) is 10.9. The summed E-state index contributed by atoms with van der Waals surface area (Å²) in [6.45, 7) is 3.44. The molecule has 0 radical (unpaired) electrons. The van der Waals surface area contributed by atoms with Gasteiger partial charge in [0.05, 0.1) is 5.92 Å². The molecule has 1 heterocycles. The van der Waals surface area contributed by atoms with Crippen molar-refractivity contribution < 1.29 is 14.7 Å². The average Bonchev–Trinajstić information content (AvgIpc) is 2.95. The van der Waals surface area contributed by atoms with E-state index in [1.807, 2.05) is 0 Å². The number of aliphatic carboxylic acids is 1. The Kier molecular flexibility index (Phi) is 4.22. The van der Waals surface area contributed by atoms with Crippen molar-refractivity contribution in [3.63, 3.8) is 0 Å². The molecule has 0 spiro atoms. The van der Waals surface area contributed by atoms with Crippen LogP contribution in [0.4, 0.5) is 0 Å². The Hall–Kier alpha value is -1.10. The molecule has 2 fully saturated rings. The van der Waals surface area contributed by atoms with E-state index in [4.69, 9.17) is 5.11 Å². The van der Waals surface area contributed by atoms with Crippen molar-refractivity contribution in [1.82, 2.24) is 10.2 Å². The van der Waals surface area contributed by atoms with Gasteiger partial charge in [0.25, 0.3) is 0 Å². The van der Waals surface area contributed by atoms with Crippen LogP contribution in [0.1, 0.15) is 32.6 Å². The lowest BCUT2D eigenvalue weighted by Crippen LogP contribution is -2.46. The molecule has 2 unspecified atom stereocenters. The number of rotatable bonds is 4. The maximum Gasteiger partial charge on any atom is 0.323 e. The van der Waals surface area contributed by atoms with Gasteiger partial charge in [0.1, 0.15) is 6.54 Å².